The normalized spacial score (nSPS) is 25.4. The molecule has 1 aliphatic carbocycles. The molecule has 0 aromatic carbocycles. The van der Waals surface area contributed by atoms with Gasteiger partial charge in [0.15, 0.2) is 0 Å². The highest BCUT2D eigenvalue weighted by molar-refractivity contribution is 7.80. The molecular weight excluding hydrogens is 166 g/mol. The average Bonchev–Trinajstić information content (AvgIpc) is 1.94. The van der Waals surface area contributed by atoms with Crippen molar-refractivity contribution in [1.29, 1.82) is 0 Å². The van der Waals surface area contributed by atoms with Crippen molar-refractivity contribution in [3.8, 4) is 0 Å². The van der Waals surface area contributed by atoms with Crippen molar-refractivity contribution in [1.82, 2.24) is 0 Å². The number of halogens is 2. The van der Waals surface area contributed by atoms with Gasteiger partial charge in [-0.05, 0) is 30.9 Å². The summed E-state index contributed by atoms with van der Waals surface area (Å²) in [6.45, 7) is 0. The number of hydrogen-bond donors (Lipinski definition) is 1. The van der Waals surface area contributed by atoms with Crippen molar-refractivity contribution in [3.63, 3.8) is 0 Å². The maximum atomic E-state index is 12.6. The average molecular weight is 180 g/mol. The SMILES string of the molecule is FC1(F)CCC(CCS)CC1. The van der Waals surface area contributed by atoms with E-state index in [-0.39, 0.29) is 12.8 Å². The van der Waals surface area contributed by atoms with Crippen LogP contribution in [0, 0.1) is 5.92 Å². The van der Waals surface area contributed by atoms with E-state index in [9.17, 15) is 8.78 Å². The van der Waals surface area contributed by atoms with E-state index in [4.69, 9.17) is 0 Å². The molecule has 0 nitrogen and oxygen atoms in total. The quantitative estimate of drug-likeness (QED) is 0.620. The van der Waals surface area contributed by atoms with Gasteiger partial charge in [0.2, 0.25) is 5.92 Å². The molecule has 1 rings (SSSR count). The van der Waals surface area contributed by atoms with Gasteiger partial charge in [-0.1, -0.05) is 0 Å². The minimum absolute atomic E-state index is 0.0887. The molecule has 1 saturated carbocycles. The molecule has 0 amide bonds. The van der Waals surface area contributed by atoms with Crippen molar-refractivity contribution in [2.45, 2.75) is 38.0 Å². The van der Waals surface area contributed by atoms with E-state index < -0.39 is 5.92 Å². The second kappa shape index (κ2) is 3.74. The summed E-state index contributed by atoms with van der Waals surface area (Å²) in [4.78, 5) is 0. The smallest absolute Gasteiger partial charge is 0.207 e. The summed E-state index contributed by atoms with van der Waals surface area (Å²) in [6, 6.07) is 0. The number of thiol groups is 1. The van der Waals surface area contributed by atoms with E-state index in [1.165, 1.54) is 0 Å². The van der Waals surface area contributed by atoms with E-state index >= 15 is 0 Å². The highest BCUT2D eigenvalue weighted by atomic mass is 32.1. The number of alkyl halides is 2. The van der Waals surface area contributed by atoms with Crippen LogP contribution in [0.15, 0.2) is 0 Å². The van der Waals surface area contributed by atoms with Gasteiger partial charge in [0.25, 0.3) is 0 Å². The van der Waals surface area contributed by atoms with Crippen LogP contribution in [0.5, 0.6) is 0 Å². The van der Waals surface area contributed by atoms with Crippen molar-refractivity contribution < 1.29 is 8.78 Å². The van der Waals surface area contributed by atoms with Gasteiger partial charge in [0.1, 0.15) is 0 Å². The molecule has 0 unspecified atom stereocenters. The second-order valence-electron chi connectivity index (χ2n) is 3.31. The summed E-state index contributed by atoms with van der Waals surface area (Å²) in [7, 11) is 0. The Bertz CT molecular complexity index is 115. The molecule has 0 spiro atoms. The summed E-state index contributed by atoms with van der Waals surface area (Å²) in [5, 5.41) is 0. The lowest BCUT2D eigenvalue weighted by molar-refractivity contribution is -0.0458. The van der Waals surface area contributed by atoms with Gasteiger partial charge in [-0.25, -0.2) is 8.78 Å². The lowest BCUT2D eigenvalue weighted by Crippen LogP contribution is -2.24. The lowest BCUT2D eigenvalue weighted by atomic mass is 9.85. The van der Waals surface area contributed by atoms with Crippen LogP contribution in [0.3, 0.4) is 0 Å². The Morgan fingerprint density at radius 2 is 1.82 bits per heavy atom. The molecule has 0 saturated heterocycles. The number of hydrogen-bond acceptors (Lipinski definition) is 1. The fraction of sp³-hybridized carbons (Fsp3) is 1.00. The van der Waals surface area contributed by atoms with Gasteiger partial charge in [-0.15, -0.1) is 0 Å². The van der Waals surface area contributed by atoms with Gasteiger partial charge in [-0.2, -0.15) is 12.6 Å². The van der Waals surface area contributed by atoms with Crippen LogP contribution < -0.4 is 0 Å². The molecule has 3 heteroatoms. The summed E-state index contributed by atoms with van der Waals surface area (Å²) < 4.78 is 25.2. The lowest BCUT2D eigenvalue weighted by Gasteiger charge is -2.27. The van der Waals surface area contributed by atoms with Crippen LogP contribution >= 0.6 is 12.6 Å². The predicted molar refractivity (Wildman–Crippen MR) is 45.4 cm³/mol. The van der Waals surface area contributed by atoms with Gasteiger partial charge in [0, 0.05) is 12.8 Å². The van der Waals surface area contributed by atoms with Crippen LogP contribution in [0.2, 0.25) is 0 Å². The molecule has 0 heterocycles. The Balaban J connectivity index is 2.25. The molecular formula is C8H14F2S. The molecule has 0 bridgehead atoms. The van der Waals surface area contributed by atoms with Gasteiger partial charge in [-0.3, -0.25) is 0 Å². The summed E-state index contributed by atoms with van der Waals surface area (Å²) in [5.74, 6) is -1.03. The zero-order valence-electron chi connectivity index (χ0n) is 6.52. The van der Waals surface area contributed by atoms with E-state index in [1.807, 2.05) is 0 Å². The molecule has 0 N–H and O–H groups in total. The third-order valence-electron chi connectivity index (χ3n) is 2.37. The van der Waals surface area contributed by atoms with Crippen LogP contribution in [0.4, 0.5) is 8.78 Å². The molecule has 11 heavy (non-hydrogen) atoms. The van der Waals surface area contributed by atoms with Crippen molar-refractivity contribution >= 4 is 12.6 Å². The maximum Gasteiger partial charge on any atom is 0.248 e. The molecule has 0 radical (unpaired) electrons. The molecule has 66 valence electrons. The first-order valence-corrected chi connectivity index (χ1v) is 4.76. The van der Waals surface area contributed by atoms with Crippen molar-refractivity contribution in [2.75, 3.05) is 5.75 Å². The Kier molecular flexibility index (Phi) is 3.16. The molecule has 0 atom stereocenters. The Labute approximate surface area is 71.8 Å². The third kappa shape index (κ3) is 2.97. The first-order chi connectivity index (χ1) is 5.14. The number of rotatable bonds is 2. The van der Waals surface area contributed by atoms with E-state index in [0.29, 0.717) is 18.8 Å². The molecule has 0 aromatic rings. The topological polar surface area (TPSA) is 0 Å². The Morgan fingerprint density at radius 3 is 2.27 bits per heavy atom. The van der Waals surface area contributed by atoms with Gasteiger partial charge >= 0.3 is 0 Å². The monoisotopic (exact) mass is 180 g/mol. The highest BCUT2D eigenvalue weighted by Gasteiger charge is 2.34. The predicted octanol–water partition coefficient (Wildman–Crippen LogP) is 3.13. The Morgan fingerprint density at radius 1 is 1.27 bits per heavy atom. The third-order valence-corrected chi connectivity index (χ3v) is 2.63. The van der Waals surface area contributed by atoms with E-state index in [0.717, 1.165) is 12.2 Å². The standard InChI is InChI=1S/C8H14F2S/c9-8(10)4-1-7(2-5-8)3-6-11/h7,11H,1-6H2. The first kappa shape index (κ1) is 9.30. The second-order valence-corrected chi connectivity index (χ2v) is 3.76. The summed E-state index contributed by atoms with van der Waals surface area (Å²) >= 11 is 4.09. The molecule has 0 aliphatic heterocycles. The maximum absolute atomic E-state index is 12.6. The minimum atomic E-state index is -2.37. The highest BCUT2D eigenvalue weighted by Crippen LogP contribution is 2.37. The van der Waals surface area contributed by atoms with E-state index in [1.54, 1.807) is 0 Å². The molecule has 1 aliphatic rings. The van der Waals surface area contributed by atoms with Crippen molar-refractivity contribution in [3.05, 3.63) is 0 Å². The Hall–Kier alpha value is 0.210. The molecule has 0 aromatic heterocycles. The summed E-state index contributed by atoms with van der Waals surface area (Å²) in [6.07, 6.45) is 2.55. The van der Waals surface area contributed by atoms with Crippen molar-refractivity contribution in [2.24, 2.45) is 5.92 Å². The zero-order chi connectivity index (χ0) is 8.32. The fourth-order valence-electron chi connectivity index (χ4n) is 1.57. The van der Waals surface area contributed by atoms with Gasteiger partial charge in [0.05, 0.1) is 0 Å². The fourth-order valence-corrected chi connectivity index (χ4v) is 1.94. The molecule has 1 fully saturated rings. The zero-order valence-corrected chi connectivity index (χ0v) is 7.42. The van der Waals surface area contributed by atoms with Crippen LogP contribution in [-0.4, -0.2) is 11.7 Å². The largest absolute Gasteiger partial charge is 0.248 e. The minimum Gasteiger partial charge on any atom is -0.207 e. The van der Waals surface area contributed by atoms with Crippen LogP contribution in [-0.2, 0) is 0 Å². The van der Waals surface area contributed by atoms with Crippen LogP contribution in [0.1, 0.15) is 32.1 Å². The van der Waals surface area contributed by atoms with E-state index in [2.05, 4.69) is 12.6 Å². The van der Waals surface area contributed by atoms with Gasteiger partial charge < -0.3 is 0 Å². The summed E-state index contributed by atoms with van der Waals surface area (Å²) in [5.41, 5.74) is 0. The first-order valence-electron chi connectivity index (χ1n) is 4.13. The van der Waals surface area contributed by atoms with Crippen LogP contribution in [0.25, 0.3) is 0 Å².